The van der Waals surface area contributed by atoms with Crippen molar-refractivity contribution in [3.05, 3.63) is 83.0 Å². The molecule has 0 bridgehead atoms. The molecule has 0 fully saturated rings. The van der Waals surface area contributed by atoms with E-state index in [1.165, 1.54) is 12.4 Å². The van der Waals surface area contributed by atoms with Crippen LogP contribution in [0.4, 0.5) is 5.82 Å². The van der Waals surface area contributed by atoms with Crippen molar-refractivity contribution in [2.75, 3.05) is 5.73 Å². The van der Waals surface area contributed by atoms with Crippen molar-refractivity contribution in [1.82, 2.24) is 20.3 Å². The number of rotatable bonds is 4. The molecule has 2 heterocycles. The molecule has 3 aromatic rings. The molecule has 7 heteroatoms. The smallest absolute Gasteiger partial charge is 0.274 e. The molecule has 0 aliphatic carbocycles. The van der Waals surface area contributed by atoms with Gasteiger partial charge in [-0.2, -0.15) is 0 Å². The number of carbonyl (C=O) groups excluding carboxylic acids is 1. The van der Waals surface area contributed by atoms with Gasteiger partial charge in [0, 0.05) is 23.6 Å². The Morgan fingerprint density at radius 2 is 1.88 bits per heavy atom. The van der Waals surface area contributed by atoms with Crippen LogP contribution in [-0.4, -0.2) is 20.9 Å². The number of nitrogens with zero attached hydrogens (tertiary/aromatic N) is 3. The van der Waals surface area contributed by atoms with E-state index in [0.717, 1.165) is 5.56 Å². The molecule has 0 saturated carbocycles. The number of carbonyl (C=O) groups is 1. The van der Waals surface area contributed by atoms with Gasteiger partial charge in [-0.1, -0.05) is 29.8 Å². The molecule has 1 aromatic carbocycles. The topological polar surface area (TPSA) is 93.8 Å². The van der Waals surface area contributed by atoms with Gasteiger partial charge in [-0.15, -0.1) is 0 Å². The molecular weight excluding hydrogens is 326 g/mol. The predicted octanol–water partition coefficient (Wildman–Crippen LogP) is 2.63. The molecule has 0 unspecified atom stereocenters. The minimum atomic E-state index is -0.487. The summed E-state index contributed by atoms with van der Waals surface area (Å²) in [6, 6.07) is 12.2. The Morgan fingerprint density at radius 1 is 1.04 bits per heavy atom. The number of aromatic nitrogens is 3. The number of pyridine rings is 1. The van der Waals surface area contributed by atoms with Gasteiger partial charge < -0.3 is 11.1 Å². The first-order chi connectivity index (χ1) is 11.6. The third kappa shape index (κ3) is 3.49. The number of anilines is 1. The lowest BCUT2D eigenvalue weighted by atomic mass is 10.0. The number of nitrogens with one attached hydrogen (secondary N) is 1. The van der Waals surface area contributed by atoms with Crippen molar-refractivity contribution in [2.24, 2.45) is 0 Å². The Bertz CT molecular complexity index is 856. The predicted molar refractivity (Wildman–Crippen MR) is 91.4 cm³/mol. The Kier molecular flexibility index (Phi) is 4.67. The Balaban J connectivity index is 1.97. The van der Waals surface area contributed by atoms with Gasteiger partial charge in [0.1, 0.15) is 0 Å². The normalized spacial score (nSPS) is 11.7. The van der Waals surface area contributed by atoms with E-state index in [-0.39, 0.29) is 11.5 Å². The van der Waals surface area contributed by atoms with E-state index in [1.807, 2.05) is 24.3 Å². The number of nitrogen functional groups attached to an aromatic ring is 1. The molecule has 0 aliphatic rings. The van der Waals surface area contributed by atoms with E-state index in [0.29, 0.717) is 10.7 Å². The lowest BCUT2D eigenvalue weighted by Gasteiger charge is -2.19. The first-order valence-electron chi connectivity index (χ1n) is 7.19. The summed E-state index contributed by atoms with van der Waals surface area (Å²) in [7, 11) is 0. The highest BCUT2D eigenvalue weighted by Gasteiger charge is 2.21. The van der Waals surface area contributed by atoms with E-state index in [9.17, 15) is 4.79 Å². The highest BCUT2D eigenvalue weighted by Crippen LogP contribution is 2.23. The maximum absolute atomic E-state index is 12.6. The molecule has 0 spiro atoms. The number of hydrogen-bond donors (Lipinski definition) is 2. The van der Waals surface area contributed by atoms with Gasteiger partial charge in [0.2, 0.25) is 0 Å². The van der Waals surface area contributed by atoms with Crippen molar-refractivity contribution < 1.29 is 4.79 Å². The van der Waals surface area contributed by atoms with Crippen LogP contribution in [0.2, 0.25) is 5.02 Å². The van der Waals surface area contributed by atoms with E-state index in [1.54, 1.807) is 24.4 Å². The zero-order valence-electron chi connectivity index (χ0n) is 12.6. The molecule has 0 aliphatic heterocycles. The average Bonchev–Trinajstić information content (AvgIpc) is 2.60. The van der Waals surface area contributed by atoms with Gasteiger partial charge in [0.05, 0.1) is 11.7 Å². The first kappa shape index (κ1) is 15.9. The van der Waals surface area contributed by atoms with Crippen molar-refractivity contribution >= 4 is 23.3 Å². The lowest BCUT2D eigenvalue weighted by Crippen LogP contribution is -2.31. The second-order valence-corrected chi connectivity index (χ2v) is 5.44. The zero-order chi connectivity index (χ0) is 16.9. The molecule has 2 aromatic heterocycles. The lowest BCUT2D eigenvalue weighted by molar-refractivity contribution is 0.0938. The minimum absolute atomic E-state index is 0.0699. The number of nitrogens with two attached hydrogens (primary N) is 1. The molecule has 24 heavy (non-hydrogen) atoms. The standard InChI is InChI=1S/C17H14ClN5O/c18-12-5-3-4-11(10-12)14(13-6-1-2-7-20-13)23-17(24)15-16(19)22-9-8-21-15/h1-10,14H,(H2,19,22)(H,23,24)/t14-/m1/s1. The average molecular weight is 340 g/mol. The largest absolute Gasteiger partial charge is 0.382 e. The van der Waals surface area contributed by atoms with Gasteiger partial charge in [-0.3, -0.25) is 9.78 Å². The summed E-state index contributed by atoms with van der Waals surface area (Å²) in [6.07, 6.45) is 4.51. The van der Waals surface area contributed by atoms with Crippen LogP contribution < -0.4 is 11.1 Å². The third-order valence-electron chi connectivity index (χ3n) is 3.38. The fraction of sp³-hybridized carbons (Fsp3) is 0.0588. The summed E-state index contributed by atoms with van der Waals surface area (Å²) in [6.45, 7) is 0. The summed E-state index contributed by atoms with van der Waals surface area (Å²) in [4.78, 5) is 24.8. The molecule has 1 atom stereocenters. The summed E-state index contributed by atoms with van der Waals surface area (Å²) in [5, 5.41) is 3.46. The van der Waals surface area contributed by atoms with E-state index >= 15 is 0 Å². The van der Waals surface area contributed by atoms with Crippen LogP contribution >= 0.6 is 11.6 Å². The molecule has 3 N–H and O–H groups in total. The highest BCUT2D eigenvalue weighted by molar-refractivity contribution is 6.30. The Morgan fingerprint density at radius 3 is 2.58 bits per heavy atom. The fourth-order valence-corrected chi connectivity index (χ4v) is 2.48. The van der Waals surface area contributed by atoms with Gasteiger partial charge >= 0.3 is 0 Å². The van der Waals surface area contributed by atoms with E-state index in [2.05, 4.69) is 20.3 Å². The van der Waals surface area contributed by atoms with Crippen LogP contribution in [0.3, 0.4) is 0 Å². The van der Waals surface area contributed by atoms with Crippen molar-refractivity contribution in [2.45, 2.75) is 6.04 Å². The number of benzene rings is 1. The van der Waals surface area contributed by atoms with Crippen molar-refractivity contribution in [1.29, 1.82) is 0 Å². The first-order valence-corrected chi connectivity index (χ1v) is 7.56. The van der Waals surface area contributed by atoms with E-state index < -0.39 is 11.9 Å². The zero-order valence-corrected chi connectivity index (χ0v) is 13.3. The fourth-order valence-electron chi connectivity index (χ4n) is 2.28. The molecule has 3 rings (SSSR count). The molecule has 1 amide bonds. The quantitative estimate of drug-likeness (QED) is 0.762. The summed E-state index contributed by atoms with van der Waals surface area (Å²) in [5.41, 5.74) is 7.28. The van der Waals surface area contributed by atoms with Crippen LogP contribution in [0.5, 0.6) is 0 Å². The maximum Gasteiger partial charge on any atom is 0.274 e. The summed E-state index contributed by atoms with van der Waals surface area (Å²) in [5.74, 6) is -0.364. The minimum Gasteiger partial charge on any atom is -0.382 e. The molecule has 0 radical (unpaired) electrons. The third-order valence-corrected chi connectivity index (χ3v) is 3.62. The second kappa shape index (κ2) is 7.06. The molecule has 120 valence electrons. The summed E-state index contributed by atoms with van der Waals surface area (Å²) < 4.78 is 0. The van der Waals surface area contributed by atoms with E-state index in [4.69, 9.17) is 17.3 Å². The SMILES string of the molecule is Nc1nccnc1C(=O)N[C@H](c1cccc(Cl)c1)c1ccccn1. The summed E-state index contributed by atoms with van der Waals surface area (Å²) >= 11 is 6.08. The van der Waals surface area contributed by atoms with Gasteiger partial charge in [-0.05, 0) is 29.8 Å². The highest BCUT2D eigenvalue weighted by atomic mass is 35.5. The number of halogens is 1. The molecule has 0 saturated heterocycles. The number of amides is 1. The van der Waals surface area contributed by atoms with Gasteiger partial charge in [0.25, 0.3) is 5.91 Å². The molecule has 6 nitrogen and oxygen atoms in total. The van der Waals surface area contributed by atoms with Crippen molar-refractivity contribution in [3.8, 4) is 0 Å². The van der Waals surface area contributed by atoms with Gasteiger partial charge in [-0.25, -0.2) is 9.97 Å². The van der Waals surface area contributed by atoms with Crippen LogP contribution in [0.15, 0.2) is 61.1 Å². The van der Waals surface area contributed by atoms with Crippen LogP contribution in [0.1, 0.15) is 27.8 Å². The van der Waals surface area contributed by atoms with Crippen LogP contribution in [-0.2, 0) is 0 Å². The molecular formula is C17H14ClN5O. The van der Waals surface area contributed by atoms with Gasteiger partial charge in [0.15, 0.2) is 11.5 Å². The monoisotopic (exact) mass is 339 g/mol. The van der Waals surface area contributed by atoms with Crippen molar-refractivity contribution in [3.63, 3.8) is 0 Å². The maximum atomic E-state index is 12.6. The Labute approximate surface area is 143 Å². The second-order valence-electron chi connectivity index (χ2n) is 5.01. The van der Waals surface area contributed by atoms with Crippen LogP contribution in [0.25, 0.3) is 0 Å². The van der Waals surface area contributed by atoms with Crippen LogP contribution in [0, 0.1) is 0 Å². The Hall–Kier alpha value is -2.99. The number of hydrogen-bond acceptors (Lipinski definition) is 5.